The lowest BCUT2D eigenvalue weighted by Crippen LogP contribution is -2.31. The summed E-state index contributed by atoms with van der Waals surface area (Å²) in [4.78, 5) is 9.61. The summed E-state index contributed by atoms with van der Waals surface area (Å²) in [6.07, 6.45) is 6.90. The van der Waals surface area contributed by atoms with E-state index in [-0.39, 0.29) is 0 Å². The second-order valence-electron chi connectivity index (χ2n) is 6.07. The number of rotatable bonds is 2. The monoisotopic (exact) mass is 302 g/mol. The van der Waals surface area contributed by atoms with Gasteiger partial charge in [-0.05, 0) is 55.9 Å². The zero-order valence-electron chi connectivity index (χ0n) is 12.3. The van der Waals surface area contributed by atoms with Gasteiger partial charge < -0.3 is 9.88 Å². The highest BCUT2D eigenvalue weighted by molar-refractivity contribution is 7.99. The molecule has 2 aliphatic heterocycles. The van der Waals surface area contributed by atoms with Gasteiger partial charge >= 0.3 is 0 Å². The Kier molecular flexibility index (Phi) is 3.86. The normalized spacial score (nSPS) is 24.5. The molecular formula is C16H22N4S. The first-order valence-corrected chi connectivity index (χ1v) is 9.20. The SMILES string of the molecule is c1cnc2c(c1)nc(C1CCCNC1)n2C1CCSCC1. The first-order valence-electron chi connectivity index (χ1n) is 8.05. The number of nitrogens with one attached hydrogen (secondary N) is 1. The standard InChI is InChI=1S/C16H22N4S/c1-3-12(11-17-7-1)15-19-14-4-2-8-18-16(14)20(15)13-5-9-21-10-6-13/h2,4,8,12-13,17H,1,3,5-7,9-11H2. The second kappa shape index (κ2) is 5.97. The molecule has 2 aromatic rings. The molecule has 0 radical (unpaired) electrons. The summed E-state index contributed by atoms with van der Waals surface area (Å²) in [6.45, 7) is 2.21. The average Bonchev–Trinajstić information content (AvgIpc) is 2.96. The number of pyridine rings is 1. The van der Waals surface area contributed by atoms with Crippen molar-refractivity contribution in [2.24, 2.45) is 0 Å². The second-order valence-corrected chi connectivity index (χ2v) is 7.30. The van der Waals surface area contributed by atoms with E-state index in [1.54, 1.807) is 0 Å². The molecule has 1 N–H and O–H groups in total. The van der Waals surface area contributed by atoms with Crippen molar-refractivity contribution >= 4 is 22.9 Å². The summed E-state index contributed by atoms with van der Waals surface area (Å²) in [5.41, 5.74) is 2.16. The highest BCUT2D eigenvalue weighted by atomic mass is 32.2. The molecule has 4 rings (SSSR count). The van der Waals surface area contributed by atoms with E-state index < -0.39 is 0 Å². The van der Waals surface area contributed by atoms with Crippen LogP contribution in [0.15, 0.2) is 18.3 Å². The van der Waals surface area contributed by atoms with Crippen LogP contribution in [0.4, 0.5) is 0 Å². The van der Waals surface area contributed by atoms with Crippen molar-refractivity contribution in [3.8, 4) is 0 Å². The van der Waals surface area contributed by atoms with Crippen molar-refractivity contribution in [1.82, 2.24) is 19.9 Å². The number of aromatic nitrogens is 3. The molecule has 0 aliphatic carbocycles. The molecule has 5 heteroatoms. The number of imidazole rings is 1. The van der Waals surface area contributed by atoms with Crippen LogP contribution < -0.4 is 5.32 Å². The van der Waals surface area contributed by atoms with E-state index in [2.05, 4.69) is 32.7 Å². The fourth-order valence-electron chi connectivity index (χ4n) is 3.61. The van der Waals surface area contributed by atoms with Crippen LogP contribution >= 0.6 is 11.8 Å². The quantitative estimate of drug-likeness (QED) is 0.926. The average molecular weight is 302 g/mol. The Hall–Kier alpha value is -1.07. The molecule has 0 spiro atoms. The molecule has 1 atom stereocenters. The maximum absolute atomic E-state index is 4.97. The molecule has 2 saturated heterocycles. The van der Waals surface area contributed by atoms with E-state index in [1.165, 1.54) is 43.0 Å². The minimum atomic E-state index is 0.544. The number of piperidine rings is 1. The molecule has 112 valence electrons. The van der Waals surface area contributed by atoms with E-state index in [9.17, 15) is 0 Å². The Labute approximate surface area is 129 Å². The van der Waals surface area contributed by atoms with Crippen LogP contribution in [0.2, 0.25) is 0 Å². The topological polar surface area (TPSA) is 42.7 Å². The molecule has 21 heavy (non-hydrogen) atoms. The largest absolute Gasteiger partial charge is 0.316 e. The third-order valence-electron chi connectivity index (χ3n) is 4.69. The molecule has 1 unspecified atom stereocenters. The van der Waals surface area contributed by atoms with E-state index in [1.807, 2.05) is 12.3 Å². The van der Waals surface area contributed by atoms with Crippen LogP contribution in [0, 0.1) is 0 Å². The van der Waals surface area contributed by atoms with Crippen LogP contribution in [-0.4, -0.2) is 39.1 Å². The van der Waals surface area contributed by atoms with Crippen LogP contribution in [-0.2, 0) is 0 Å². The third-order valence-corrected chi connectivity index (χ3v) is 5.74. The van der Waals surface area contributed by atoms with Crippen molar-refractivity contribution in [3.05, 3.63) is 24.2 Å². The zero-order valence-corrected chi connectivity index (χ0v) is 13.1. The number of hydrogen-bond donors (Lipinski definition) is 1. The lowest BCUT2D eigenvalue weighted by Gasteiger charge is -2.29. The van der Waals surface area contributed by atoms with Crippen LogP contribution in [0.25, 0.3) is 11.2 Å². The minimum absolute atomic E-state index is 0.544. The summed E-state index contributed by atoms with van der Waals surface area (Å²) in [5.74, 6) is 4.34. The summed E-state index contributed by atoms with van der Waals surface area (Å²) >= 11 is 2.08. The minimum Gasteiger partial charge on any atom is -0.316 e. The predicted octanol–water partition coefficient (Wildman–Crippen LogP) is 2.97. The van der Waals surface area contributed by atoms with E-state index in [4.69, 9.17) is 4.98 Å². The summed E-state index contributed by atoms with van der Waals surface area (Å²) in [5, 5.41) is 3.53. The molecule has 0 saturated carbocycles. The van der Waals surface area contributed by atoms with Gasteiger partial charge in [-0.3, -0.25) is 0 Å². The predicted molar refractivity (Wildman–Crippen MR) is 88.0 cm³/mol. The molecule has 4 heterocycles. The maximum Gasteiger partial charge on any atom is 0.160 e. The number of nitrogens with zero attached hydrogens (tertiary/aromatic N) is 3. The first-order chi connectivity index (χ1) is 10.4. The summed E-state index contributed by atoms with van der Waals surface area (Å²) < 4.78 is 2.48. The Morgan fingerprint density at radius 1 is 1.24 bits per heavy atom. The van der Waals surface area contributed by atoms with Crippen molar-refractivity contribution < 1.29 is 0 Å². The Balaban J connectivity index is 1.79. The highest BCUT2D eigenvalue weighted by Gasteiger charge is 2.27. The van der Waals surface area contributed by atoms with E-state index in [0.29, 0.717) is 12.0 Å². The molecule has 2 aliphatic rings. The van der Waals surface area contributed by atoms with Gasteiger partial charge in [0, 0.05) is 24.7 Å². The Bertz CT molecular complexity index is 612. The molecule has 2 aromatic heterocycles. The van der Waals surface area contributed by atoms with Gasteiger partial charge in [-0.15, -0.1) is 0 Å². The van der Waals surface area contributed by atoms with Crippen LogP contribution in [0.3, 0.4) is 0 Å². The third kappa shape index (κ3) is 2.57. The number of thioether (sulfide) groups is 1. The molecule has 0 bridgehead atoms. The Morgan fingerprint density at radius 2 is 2.14 bits per heavy atom. The number of fused-ring (bicyclic) bond motifs is 1. The van der Waals surface area contributed by atoms with Gasteiger partial charge in [0.2, 0.25) is 0 Å². The molecule has 0 aromatic carbocycles. The smallest absolute Gasteiger partial charge is 0.160 e. The van der Waals surface area contributed by atoms with Gasteiger partial charge in [0.25, 0.3) is 0 Å². The molecule has 2 fully saturated rings. The van der Waals surface area contributed by atoms with Gasteiger partial charge in [-0.2, -0.15) is 11.8 Å². The van der Waals surface area contributed by atoms with Gasteiger partial charge in [-0.25, -0.2) is 9.97 Å². The lowest BCUT2D eigenvalue weighted by atomic mass is 9.98. The molecule has 4 nitrogen and oxygen atoms in total. The van der Waals surface area contributed by atoms with Crippen LogP contribution in [0.5, 0.6) is 0 Å². The number of hydrogen-bond acceptors (Lipinski definition) is 4. The van der Waals surface area contributed by atoms with Crippen LogP contribution in [0.1, 0.15) is 43.5 Å². The Morgan fingerprint density at radius 3 is 2.95 bits per heavy atom. The summed E-state index contributed by atoms with van der Waals surface area (Å²) in [7, 11) is 0. The highest BCUT2D eigenvalue weighted by Crippen LogP contribution is 2.34. The van der Waals surface area contributed by atoms with Crippen molar-refractivity contribution in [3.63, 3.8) is 0 Å². The van der Waals surface area contributed by atoms with Gasteiger partial charge in [0.1, 0.15) is 11.3 Å². The fourth-order valence-corrected chi connectivity index (χ4v) is 4.69. The van der Waals surface area contributed by atoms with Crippen molar-refractivity contribution in [1.29, 1.82) is 0 Å². The van der Waals surface area contributed by atoms with Gasteiger partial charge in [0.15, 0.2) is 5.65 Å². The van der Waals surface area contributed by atoms with Crippen molar-refractivity contribution in [2.75, 3.05) is 24.6 Å². The van der Waals surface area contributed by atoms with Gasteiger partial charge in [0.05, 0.1) is 0 Å². The van der Waals surface area contributed by atoms with Crippen molar-refractivity contribution in [2.45, 2.75) is 37.6 Å². The molecule has 0 amide bonds. The molecular weight excluding hydrogens is 280 g/mol. The van der Waals surface area contributed by atoms with E-state index in [0.717, 1.165) is 24.3 Å². The summed E-state index contributed by atoms with van der Waals surface area (Å²) in [6, 6.07) is 4.69. The maximum atomic E-state index is 4.97. The zero-order chi connectivity index (χ0) is 14.1. The fraction of sp³-hybridized carbons (Fsp3) is 0.625. The van der Waals surface area contributed by atoms with Gasteiger partial charge in [-0.1, -0.05) is 0 Å². The lowest BCUT2D eigenvalue weighted by molar-refractivity contribution is 0.400. The van der Waals surface area contributed by atoms with E-state index >= 15 is 0 Å². The first kappa shape index (κ1) is 13.6.